The van der Waals surface area contributed by atoms with Crippen molar-refractivity contribution in [1.29, 1.82) is 0 Å². The lowest BCUT2D eigenvalue weighted by Gasteiger charge is -2.41. The summed E-state index contributed by atoms with van der Waals surface area (Å²) in [5.74, 6) is 0.353. The molecule has 1 aromatic carbocycles. The third kappa shape index (κ3) is 3.22. The summed E-state index contributed by atoms with van der Waals surface area (Å²) in [6.07, 6.45) is 4.89. The van der Waals surface area contributed by atoms with Crippen LogP contribution in [-0.2, 0) is 16.1 Å². The van der Waals surface area contributed by atoms with Crippen molar-refractivity contribution in [3.05, 3.63) is 35.4 Å². The Morgan fingerprint density at radius 2 is 2.25 bits per heavy atom. The van der Waals surface area contributed by atoms with Gasteiger partial charge in [0.15, 0.2) is 0 Å². The van der Waals surface area contributed by atoms with Gasteiger partial charge in [-0.1, -0.05) is 29.8 Å². The first-order valence-corrected chi connectivity index (χ1v) is 9.35. The number of hydrogen-bond acceptors (Lipinski definition) is 3. The summed E-state index contributed by atoms with van der Waals surface area (Å²) >= 11 is 0. The van der Waals surface area contributed by atoms with Gasteiger partial charge in [-0.25, -0.2) is 0 Å². The van der Waals surface area contributed by atoms with Crippen LogP contribution in [0.4, 0.5) is 0 Å². The number of rotatable bonds is 3. The second kappa shape index (κ2) is 6.49. The summed E-state index contributed by atoms with van der Waals surface area (Å²) < 4.78 is 6.26. The van der Waals surface area contributed by atoms with Crippen LogP contribution in [0.3, 0.4) is 0 Å². The van der Waals surface area contributed by atoms with Crippen molar-refractivity contribution in [1.82, 2.24) is 9.80 Å². The van der Waals surface area contributed by atoms with E-state index < -0.39 is 0 Å². The predicted octanol–water partition coefficient (Wildman–Crippen LogP) is 2.74. The van der Waals surface area contributed by atoms with Crippen LogP contribution in [0.1, 0.15) is 43.2 Å². The summed E-state index contributed by atoms with van der Waals surface area (Å²) in [4.78, 5) is 16.7. The molecule has 3 heterocycles. The molecule has 4 nitrogen and oxygen atoms in total. The highest BCUT2D eigenvalue weighted by Crippen LogP contribution is 2.37. The second-order valence-corrected chi connectivity index (χ2v) is 7.82. The van der Waals surface area contributed by atoms with Gasteiger partial charge in [-0.05, 0) is 38.2 Å². The average molecular weight is 328 g/mol. The van der Waals surface area contributed by atoms with E-state index in [0.29, 0.717) is 11.9 Å². The van der Waals surface area contributed by atoms with E-state index in [1.54, 1.807) is 0 Å². The fourth-order valence-corrected chi connectivity index (χ4v) is 4.74. The van der Waals surface area contributed by atoms with E-state index in [1.165, 1.54) is 11.1 Å². The lowest BCUT2D eigenvalue weighted by molar-refractivity contribution is -0.137. The monoisotopic (exact) mass is 328 g/mol. The molecule has 0 aromatic heterocycles. The van der Waals surface area contributed by atoms with Gasteiger partial charge in [-0.3, -0.25) is 9.69 Å². The molecule has 130 valence electrons. The fraction of sp³-hybridized carbons (Fsp3) is 0.650. The third-order valence-electron chi connectivity index (χ3n) is 5.90. The first kappa shape index (κ1) is 16.1. The standard InChI is InChI=1S/C20H28N2O2/c1-16-4-2-5-17(12-16)14-21-10-8-20(15-21)13-18(7-11-24-20)22-9-3-6-19(22)23/h2,4-5,12,18H,3,6-11,13-15H2,1H3/t18-,20-/m1/s1. The van der Waals surface area contributed by atoms with Crippen LogP contribution in [0.2, 0.25) is 0 Å². The molecule has 3 aliphatic rings. The number of aryl methyl sites for hydroxylation is 1. The first-order valence-electron chi connectivity index (χ1n) is 9.35. The van der Waals surface area contributed by atoms with Crippen LogP contribution in [0.25, 0.3) is 0 Å². The van der Waals surface area contributed by atoms with Crippen LogP contribution in [0.5, 0.6) is 0 Å². The van der Waals surface area contributed by atoms with E-state index in [9.17, 15) is 4.79 Å². The minimum atomic E-state index is -0.0321. The van der Waals surface area contributed by atoms with Crippen LogP contribution < -0.4 is 0 Å². The van der Waals surface area contributed by atoms with Gasteiger partial charge in [0.1, 0.15) is 0 Å². The number of hydrogen-bond donors (Lipinski definition) is 0. The highest BCUT2D eigenvalue weighted by Gasteiger charge is 2.45. The van der Waals surface area contributed by atoms with Gasteiger partial charge in [0.25, 0.3) is 0 Å². The Morgan fingerprint density at radius 1 is 1.33 bits per heavy atom. The fourth-order valence-electron chi connectivity index (χ4n) is 4.74. The molecule has 3 fully saturated rings. The van der Waals surface area contributed by atoms with Crippen molar-refractivity contribution in [3.8, 4) is 0 Å². The normalized spacial score (nSPS) is 31.3. The number of carbonyl (C=O) groups is 1. The number of ether oxygens (including phenoxy) is 1. The molecule has 4 rings (SSSR count). The first-order chi connectivity index (χ1) is 11.6. The molecule has 3 saturated heterocycles. The summed E-state index contributed by atoms with van der Waals surface area (Å²) in [6.45, 7) is 6.99. The van der Waals surface area contributed by atoms with Gasteiger partial charge in [-0.2, -0.15) is 0 Å². The molecule has 0 radical (unpaired) electrons. The van der Waals surface area contributed by atoms with Crippen LogP contribution in [0.15, 0.2) is 24.3 Å². The van der Waals surface area contributed by atoms with Crippen molar-refractivity contribution in [2.75, 3.05) is 26.2 Å². The predicted molar refractivity (Wildman–Crippen MR) is 93.7 cm³/mol. The van der Waals surface area contributed by atoms with Crippen molar-refractivity contribution < 1.29 is 9.53 Å². The van der Waals surface area contributed by atoms with E-state index in [1.807, 2.05) is 0 Å². The van der Waals surface area contributed by atoms with Crippen LogP contribution in [-0.4, -0.2) is 53.6 Å². The summed E-state index contributed by atoms with van der Waals surface area (Å²) in [5.41, 5.74) is 2.67. The molecule has 2 atom stereocenters. The Hall–Kier alpha value is -1.39. The lowest BCUT2D eigenvalue weighted by Crippen LogP contribution is -2.50. The zero-order valence-electron chi connectivity index (χ0n) is 14.7. The molecule has 0 bridgehead atoms. The molecular formula is C20H28N2O2. The molecule has 0 saturated carbocycles. The van der Waals surface area contributed by atoms with Crippen molar-refractivity contribution in [3.63, 3.8) is 0 Å². The topological polar surface area (TPSA) is 32.8 Å². The molecule has 4 heteroatoms. The van der Waals surface area contributed by atoms with Crippen molar-refractivity contribution in [2.24, 2.45) is 0 Å². The van der Waals surface area contributed by atoms with E-state index >= 15 is 0 Å². The maximum Gasteiger partial charge on any atom is 0.222 e. The third-order valence-corrected chi connectivity index (χ3v) is 5.90. The van der Waals surface area contributed by atoms with Crippen LogP contribution >= 0.6 is 0 Å². The Kier molecular flexibility index (Phi) is 4.35. The van der Waals surface area contributed by atoms with Gasteiger partial charge in [0.05, 0.1) is 5.60 Å². The molecule has 0 unspecified atom stereocenters. The number of nitrogens with zero attached hydrogens (tertiary/aromatic N) is 2. The Bertz CT molecular complexity index is 617. The molecule has 1 aromatic rings. The maximum atomic E-state index is 12.1. The Balaban J connectivity index is 1.40. The zero-order valence-corrected chi connectivity index (χ0v) is 14.7. The number of amides is 1. The van der Waals surface area contributed by atoms with Gasteiger partial charge in [0.2, 0.25) is 5.91 Å². The summed E-state index contributed by atoms with van der Waals surface area (Å²) in [6, 6.07) is 9.18. The average Bonchev–Trinajstić information content (AvgIpc) is 3.14. The lowest BCUT2D eigenvalue weighted by atomic mass is 9.89. The highest BCUT2D eigenvalue weighted by atomic mass is 16.5. The van der Waals surface area contributed by atoms with E-state index in [4.69, 9.17) is 4.74 Å². The summed E-state index contributed by atoms with van der Waals surface area (Å²) in [5, 5.41) is 0. The maximum absolute atomic E-state index is 12.1. The van der Waals surface area contributed by atoms with Gasteiger partial charge >= 0.3 is 0 Å². The molecule has 24 heavy (non-hydrogen) atoms. The molecule has 1 spiro atoms. The zero-order chi connectivity index (χ0) is 16.6. The van der Waals surface area contributed by atoms with E-state index in [0.717, 1.165) is 64.9 Å². The molecule has 0 aliphatic carbocycles. The summed E-state index contributed by atoms with van der Waals surface area (Å²) in [7, 11) is 0. The van der Waals surface area contributed by atoms with Gasteiger partial charge < -0.3 is 9.64 Å². The molecule has 1 amide bonds. The number of likely N-dealkylation sites (tertiary alicyclic amines) is 2. The molecule has 0 N–H and O–H groups in total. The molecule has 3 aliphatic heterocycles. The molecular weight excluding hydrogens is 300 g/mol. The van der Waals surface area contributed by atoms with Gasteiger partial charge in [-0.15, -0.1) is 0 Å². The van der Waals surface area contributed by atoms with Crippen molar-refractivity contribution in [2.45, 2.75) is 57.2 Å². The Morgan fingerprint density at radius 3 is 3.04 bits per heavy atom. The van der Waals surface area contributed by atoms with Gasteiger partial charge in [0, 0.05) is 45.2 Å². The SMILES string of the molecule is Cc1cccc(CN2CC[C@@]3(C[C@H](N4CCCC4=O)CCO3)C2)c1. The van der Waals surface area contributed by atoms with E-state index in [-0.39, 0.29) is 5.60 Å². The van der Waals surface area contributed by atoms with E-state index in [2.05, 4.69) is 41.0 Å². The van der Waals surface area contributed by atoms with Crippen molar-refractivity contribution >= 4 is 5.91 Å². The number of benzene rings is 1. The second-order valence-electron chi connectivity index (χ2n) is 7.82. The quantitative estimate of drug-likeness (QED) is 0.855. The smallest absolute Gasteiger partial charge is 0.222 e. The largest absolute Gasteiger partial charge is 0.373 e. The highest BCUT2D eigenvalue weighted by molar-refractivity contribution is 5.78. The Labute approximate surface area is 144 Å². The minimum absolute atomic E-state index is 0.0321. The number of carbonyl (C=O) groups excluding carboxylic acids is 1. The minimum Gasteiger partial charge on any atom is -0.373 e. The van der Waals surface area contributed by atoms with Crippen LogP contribution in [0, 0.1) is 6.92 Å².